The van der Waals surface area contributed by atoms with Gasteiger partial charge in [0.1, 0.15) is 5.75 Å². The first-order valence-electron chi connectivity index (χ1n) is 6.62. The number of aryl methyl sites for hydroxylation is 2. The summed E-state index contributed by atoms with van der Waals surface area (Å²) in [6, 6.07) is 12.1. The monoisotopic (exact) mass is 281 g/mol. The highest BCUT2D eigenvalue weighted by atomic mass is 16.5. The van der Waals surface area contributed by atoms with Crippen molar-refractivity contribution in [3.8, 4) is 16.9 Å². The quantitative estimate of drug-likeness (QED) is 0.690. The fourth-order valence-electron chi connectivity index (χ4n) is 2.21. The Balaban J connectivity index is 2.62. The van der Waals surface area contributed by atoms with E-state index in [1.54, 1.807) is 7.11 Å². The first-order chi connectivity index (χ1) is 10.1. The first kappa shape index (κ1) is 14.8. The van der Waals surface area contributed by atoms with E-state index in [9.17, 15) is 0 Å². The molecule has 0 amide bonds. The molecule has 0 unspecified atom stereocenters. The largest absolute Gasteiger partial charge is 0.496 e. The smallest absolute Gasteiger partial charge is 0.219 e. The minimum Gasteiger partial charge on any atom is -0.496 e. The molecule has 0 heterocycles. The summed E-state index contributed by atoms with van der Waals surface area (Å²) < 4.78 is 5.51. The van der Waals surface area contributed by atoms with E-state index in [1.165, 1.54) is 5.56 Å². The summed E-state index contributed by atoms with van der Waals surface area (Å²) in [5, 5.41) is 0. The van der Waals surface area contributed by atoms with Crippen molar-refractivity contribution < 1.29 is 4.74 Å². The highest BCUT2D eigenvalue weighted by Gasteiger charge is 2.11. The van der Waals surface area contributed by atoms with Crippen molar-refractivity contribution >= 4 is 18.4 Å². The van der Waals surface area contributed by atoms with Crippen molar-refractivity contribution in [2.45, 2.75) is 13.8 Å². The molecule has 21 heavy (non-hydrogen) atoms. The molecule has 2 rings (SSSR count). The van der Waals surface area contributed by atoms with Crippen molar-refractivity contribution in [3.05, 3.63) is 47.5 Å². The van der Waals surface area contributed by atoms with Crippen molar-refractivity contribution in [2.24, 2.45) is 15.7 Å². The molecule has 0 saturated carbocycles. The molecule has 0 radical (unpaired) electrons. The zero-order valence-corrected chi connectivity index (χ0v) is 12.6. The second kappa shape index (κ2) is 6.22. The second-order valence-electron chi connectivity index (χ2n) is 4.78. The maximum atomic E-state index is 5.62. The Labute approximate surface area is 125 Å². The third-order valence-corrected chi connectivity index (χ3v) is 3.35. The van der Waals surface area contributed by atoms with Crippen LogP contribution in [0.1, 0.15) is 11.1 Å². The maximum Gasteiger partial charge on any atom is 0.219 e. The Bertz CT molecular complexity index is 705. The van der Waals surface area contributed by atoms with Crippen LogP contribution in [-0.2, 0) is 0 Å². The molecule has 0 saturated heterocycles. The van der Waals surface area contributed by atoms with Crippen LogP contribution in [0.3, 0.4) is 0 Å². The average Bonchev–Trinajstić information content (AvgIpc) is 2.49. The van der Waals surface area contributed by atoms with Gasteiger partial charge in [-0.1, -0.05) is 24.3 Å². The van der Waals surface area contributed by atoms with Gasteiger partial charge in [-0.15, -0.1) is 0 Å². The number of ether oxygens (including phenoxy) is 1. The molecular formula is C17H19N3O. The van der Waals surface area contributed by atoms with Crippen molar-refractivity contribution in [1.82, 2.24) is 0 Å². The number of nitrogens with two attached hydrogens (primary N) is 1. The third kappa shape index (κ3) is 3.11. The Morgan fingerprint density at radius 1 is 1.10 bits per heavy atom. The molecular weight excluding hydrogens is 262 g/mol. The molecule has 0 aliphatic heterocycles. The highest BCUT2D eigenvalue weighted by Crippen LogP contribution is 2.37. The maximum absolute atomic E-state index is 5.62. The predicted molar refractivity (Wildman–Crippen MR) is 88.7 cm³/mol. The zero-order chi connectivity index (χ0) is 15.4. The van der Waals surface area contributed by atoms with Crippen LogP contribution in [0.4, 0.5) is 5.69 Å². The predicted octanol–water partition coefficient (Wildman–Crippen LogP) is 3.63. The SMILES string of the molecule is C=NC(N)=Nc1cc(OC)c(-c2ccccc2C)cc1C. The molecule has 0 atom stereocenters. The van der Waals surface area contributed by atoms with Gasteiger partial charge in [0.2, 0.25) is 5.96 Å². The molecule has 0 aromatic heterocycles. The van der Waals surface area contributed by atoms with Gasteiger partial charge in [-0.3, -0.25) is 0 Å². The summed E-state index contributed by atoms with van der Waals surface area (Å²) in [6.45, 7) is 7.43. The molecule has 0 aliphatic rings. The second-order valence-corrected chi connectivity index (χ2v) is 4.78. The molecule has 2 aromatic rings. The minimum atomic E-state index is 0.142. The normalized spacial score (nSPS) is 11.3. The van der Waals surface area contributed by atoms with E-state index < -0.39 is 0 Å². The lowest BCUT2D eigenvalue weighted by molar-refractivity contribution is 0.416. The third-order valence-electron chi connectivity index (χ3n) is 3.35. The lowest BCUT2D eigenvalue weighted by atomic mass is 9.97. The zero-order valence-electron chi connectivity index (χ0n) is 12.6. The van der Waals surface area contributed by atoms with Crippen LogP contribution in [0.25, 0.3) is 11.1 Å². The summed E-state index contributed by atoms with van der Waals surface area (Å²) in [4.78, 5) is 7.84. The number of aliphatic imine (C=N–C) groups is 2. The Hall–Kier alpha value is -2.62. The Kier molecular flexibility index (Phi) is 4.38. The average molecular weight is 281 g/mol. The molecule has 4 heteroatoms. The van der Waals surface area contributed by atoms with Gasteiger partial charge in [-0.2, -0.15) is 0 Å². The molecule has 0 fully saturated rings. The van der Waals surface area contributed by atoms with Gasteiger partial charge >= 0.3 is 0 Å². The summed E-state index contributed by atoms with van der Waals surface area (Å²) in [5.41, 5.74) is 10.7. The summed E-state index contributed by atoms with van der Waals surface area (Å²) >= 11 is 0. The van der Waals surface area contributed by atoms with E-state index >= 15 is 0 Å². The summed E-state index contributed by atoms with van der Waals surface area (Å²) in [7, 11) is 1.65. The molecule has 108 valence electrons. The molecule has 0 aliphatic carbocycles. The van der Waals surface area contributed by atoms with E-state index in [1.807, 2.05) is 25.1 Å². The van der Waals surface area contributed by atoms with Crippen LogP contribution in [-0.4, -0.2) is 19.8 Å². The minimum absolute atomic E-state index is 0.142. The van der Waals surface area contributed by atoms with Crippen LogP contribution in [0.5, 0.6) is 5.75 Å². The van der Waals surface area contributed by atoms with E-state index in [-0.39, 0.29) is 5.96 Å². The van der Waals surface area contributed by atoms with E-state index in [0.717, 1.165) is 28.1 Å². The fraction of sp³-hybridized carbons (Fsp3) is 0.176. The standard InChI is InChI=1S/C17H19N3O/c1-11-7-5-6-8-13(11)14-9-12(2)15(10-16(14)21-4)20-17(18)19-3/h5-10H,3H2,1-2,4H3,(H2,18,20). The number of benzene rings is 2. The lowest BCUT2D eigenvalue weighted by Gasteiger charge is -2.13. The van der Waals surface area contributed by atoms with Gasteiger partial charge in [-0.05, 0) is 43.3 Å². The Morgan fingerprint density at radius 3 is 2.43 bits per heavy atom. The molecule has 2 aromatic carbocycles. The van der Waals surface area contributed by atoms with E-state index in [2.05, 4.69) is 41.8 Å². The molecule has 4 nitrogen and oxygen atoms in total. The lowest BCUT2D eigenvalue weighted by Crippen LogP contribution is -2.06. The van der Waals surface area contributed by atoms with Gasteiger partial charge in [0.15, 0.2) is 0 Å². The van der Waals surface area contributed by atoms with Crippen LogP contribution in [0.2, 0.25) is 0 Å². The van der Waals surface area contributed by atoms with Crippen LogP contribution >= 0.6 is 0 Å². The topological polar surface area (TPSA) is 60.0 Å². The van der Waals surface area contributed by atoms with Crippen LogP contribution < -0.4 is 10.5 Å². The van der Waals surface area contributed by atoms with Crippen molar-refractivity contribution in [1.29, 1.82) is 0 Å². The number of nitrogens with zero attached hydrogens (tertiary/aromatic N) is 2. The fourth-order valence-corrected chi connectivity index (χ4v) is 2.21. The first-order valence-corrected chi connectivity index (χ1v) is 6.62. The van der Waals surface area contributed by atoms with E-state index in [0.29, 0.717) is 0 Å². The van der Waals surface area contributed by atoms with Gasteiger partial charge in [0, 0.05) is 11.6 Å². The summed E-state index contributed by atoms with van der Waals surface area (Å²) in [6.07, 6.45) is 0. The summed E-state index contributed by atoms with van der Waals surface area (Å²) in [5.74, 6) is 0.898. The number of rotatable bonds is 3. The molecule has 2 N–H and O–H groups in total. The van der Waals surface area contributed by atoms with Crippen LogP contribution in [0.15, 0.2) is 46.4 Å². The number of methoxy groups -OCH3 is 1. The molecule has 0 spiro atoms. The Morgan fingerprint density at radius 2 is 1.81 bits per heavy atom. The van der Waals surface area contributed by atoms with Gasteiger partial charge in [-0.25, -0.2) is 9.98 Å². The van der Waals surface area contributed by atoms with Crippen molar-refractivity contribution in [2.75, 3.05) is 7.11 Å². The number of hydrogen-bond donors (Lipinski definition) is 1. The van der Waals surface area contributed by atoms with Crippen molar-refractivity contribution in [3.63, 3.8) is 0 Å². The number of hydrogen-bond acceptors (Lipinski definition) is 2. The molecule has 0 bridgehead atoms. The van der Waals surface area contributed by atoms with Gasteiger partial charge in [0.05, 0.1) is 12.8 Å². The van der Waals surface area contributed by atoms with E-state index in [4.69, 9.17) is 10.5 Å². The van der Waals surface area contributed by atoms with Crippen LogP contribution in [0, 0.1) is 13.8 Å². The van der Waals surface area contributed by atoms with Gasteiger partial charge < -0.3 is 10.5 Å². The highest BCUT2D eigenvalue weighted by molar-refractivity contribution is 5.86. The number of guanidine groups is 1. The van der Waals surface area contributed by atoms with Gasteiger partial charge in [0.25, 0.3) is 0 Å².